The molecule has 0 aromatic heterocycles. The molecule has 5 nitrogen and oxygen atoms in total. The number of anilines is 1. The maximum atomic E-state index is 13.5. The van der Waals surface area contributed by atoms with Gasteiger partial charge in [0.2, 0.25) is 0 Å². The Labute approximate surface area is 117 Å². The maximum Gasteiger partial charge on any atom is 0.303 e. The van der Waals surface area contributed by atoms with Gasteiger partial charge in [-0.05, 0) is 37.0 Å². The molecule has 0 aliphatic rings. The number of halogens is 1. The van der Waals surface area contributed by atoms with Crippen molar-refractivity contribution in [2.45, 2.75) is 26.2 Å². The minimum Gasteiger partial charge on any atom is -0.481 e. The highest BCUT2D eigenvalue weighted by Gasteiger charge is 2.12. The van der Waals surface area contributed by atoms with Crippen molar-refractivity contribution in [3.63, 3.8) is 0 Å². The number of carboxylic acids is 1. The lowest BCUT2D eigenvalue weighted by Gasteiger charge is -2.11. The second kappa shape index (κ2) is 7.47. The third kappa shape index (κ3) is 5.26. The molecule has 1 unspecified atom stereocenters. The van der Waals surface area contributed by atoms with E-state index in [0.717, 1.165) is 6.07 Å². The molecule has 0 aliphatic carbocycles. The standard InChI is InChI=1S/C14H19FN2O3/c1-9(2-5-13(18)19)6-7-17-14(20)11-4-3-10(16)8-12(11)15/h3-4,8-9H,2,5-7,16H2,1H3,(H,17,20)(H,18,19). The number of carboxylic acid groups (broad SMARTS) is 1. The summed E-state index contributed by atoms with van der Waals surface area (Å²) in [5.41, 5.74) is 5.63. The second-order valence-electron chi connectivity index (χ2n) is 4.82. The summed E-state index contributed by atoms with van der Waals surface area (Å²) in [6.07, 6.45) is 1.32. The lowest BCUT2D eigenvalue weighted by molar-refractivity contribution is -0.137. The van der Waals surface area contributed by atoms with Crippen LogP contribution in [-0.4, -0.2) is 23.5 Å². The highest BCUT2D eigenvalue weighted by molar-refractivity contribution is 5.94. The zero-order valence-corrected chi connectivity index (χ0v) is 11.4. The normalized spacial score (nSPS) is 11.9. The molecule has 110 valence electrons. The summed E-state index contributed by atoms with van der Waals surface area (Å²) < 4.78 is 13.5. The molecular weight excluding hydrogens is 263 g/mol. The first kappa shape index (κ1) is 15.9. The highest BCUT2D eigenvalue weighted by atomic mass is 19.1. The predicted molar refractivity (Wildman–Crippen MR) is 73.8 cm³/mol. The molecule has 0 fully saturated rings. The molecule has 0 saturated carbocycles. The molecule has 0 bridgehead atoms. The van der Waals surface area contributed by atoms with Crippen LogP contribution in [-0.2, 0) is 4.79 Å². The lowest BCUT2D eigenvalue weighted by Crippen LogP contribution is -2.26. The van der Waals surface area contributed by atoms with E-state index in [9.17, 15) is 14.0 Å². The van der Waals surface area contributed by atoms with E-state index in [-0.39, 0.29) is 23.6 Å². The Morgan fingerprint density at radius 2 is 2.10 bits per heavy atom. The first-order chi connectivity index (χ1) is 9.40. The van der Waals surface area contributed by atoms with Gasteiger partial charge >= 0.3 is 5.97 Å². The van der Waals surface area contributed by atoms with Crippen molar-refractivity contribution < 1.29 is 19.1 Å². The SMILES string of the molecule is CC(CCNC(=O)c1ccc(N)cc1F)CCC(=O)O. The first-order valence-electron chi connectivity index (χ1n) is 6.45. The quantitative estimate of drug-likeness (QED) is 0.667. The number of aliphatic carboxylic acids is 1. The van der Waals surface area contributed by atoms with Crippen LogP contribution in [0, 0.1) is 11.7 Å². The van der Waals surface area contributed by atoms with Crippen LogP contribution in [0.3, 0.4) is 0 Å². The monoisotopic (exact) mass is 282 g/mol. The topological polar surface area (TPSA) is 92.4 Å². The van der Waals surface area contributed by atoms with E-state index in [1.807, 2.05) is 6.92 Å². The van der Waals surface area contributed by atoms with Gasteiger partial charge in [-0.25, -0.2) is 4.39 Å². The van der Waals surface area contributed by atoms with Gasteiger partial charge in [-0.15, -0.1) is 0 Å². The van der Waals surface area contributed by atoms with E-state index < -0.39 is 17.7 Å². The van der Waals surface area contributed by atoms with Crippen LogP contribution in [0.2, 0.25) is 0 Å². The summed E-state index contributed by atoms with van der Waals surface area (Å²) in [6, 6.07) is 3.91. The zero-order valence-electron chi connectivity index (χ0n) is 11.4. The van der Waals surface area contributed by atoms with Crippen molar-refractivity contribution in [1.82, 2.24) is 5.32 Å². The van der Waals surface area contributed by atoms with Crippen LogP contribution in [0.15, 0.2) is 18.2 Å². The van der Waals surface area contributed by atoms with Gasteiger partial charge in [0.15, 0.2) is 0 Å². The average Bonchev–Trinajstić information content (AvgIpc) is 2.36. The van der Waals surface area contributed by atoms with Crippen molar-refractivity contribution in [3.05, 3.63) is 29.6 Å². The molecular formula is C14H19FN2O3. The van der Waals surface area contributed by atoms with Crippen LogP contribution in [0.4, 0.5) is 10.1 Å². The smallest absolute Gasteiger partial charge is 0.303 e. The van der Waals surface area contributed by atoms with Crippen LogP contribution in [0.25, 0.3) is 0 Å². The molecule has 1 aromatic carbocycles. The fraction of sp³-hybridized carbons (Fsp3) is 0.429. The molecule has 6 heteroatoms. The van der Waals surface area contributed by atoms with E-state index in [0.29, 0.717) is 19.4 Å². The number of carbonyl (C=O) groups excluding carboxylic acids is 1. The van der Waals surface area contributed by atoms with Gasteiger partial charge in [0, 0.05) is 18.7 Å². The van der Waals surface area contributed by atoms with Gasteiger partial charge in [0.05, 0.1) is 5.56 Å². The summed E-state index contributed by atoms with van der Waals surface area (Å²) in [7, 11) is 0. The van der Waals surface area contributed by atoms with Crippen LogP contribution >= 0.6 is 0 Å². The predicted octanol–water partition coefficient (Wildman–Crippen LogP) is 2.03. The minimum absolute atomic E-state index is 0.0441. The second-order valence-corrected chi connectivity index (χ2v) is 4.82. The molecule has 20 heavy (non-hydrogen) atoms. The summed E-state index contributed by atoms with van der Waals surface area (Å²) in [4.78, 5) is 22.2. The molecule has 0 aliphatic heterocycles. The largest absolute Gasteiger partial charge is 0.481 e. The number of nitrogens with two attached hydrogens (primary N) is 1. The van der Waals surface area contributed by atoms with Crippen molar-refractivity contribution in [1.29, 1.82) is 0 Å². The number of amides is 1. The molecule has 0 radical (unpaired) electrons. The molecule has 0 saturated heterocycles. The number of nitrogen functional groups attached to an aromatic ring is 1. The Kier molecular flexibility index (Phi) is 5.96. The van der Waals surface area contributed by atoms with Gasteiger partial charge in [0.25, 0.3) is 5.91 Å². The number of nitrogens with one attached hydrogen (secondary N) is 1. The number of carbonyl (C=O) groups is 2. The molecule has 1 aromatic rings. The van der Waals surface area contributed by atoms with E-state index in [1.54, 1.807) is 0 Å². The molecule has 4 N–H and O–H groups in total. The first-order valence-corrected chi connectivity index (χ1v) is 6.45. The van der Waals surface area contributed by atoms with Gasteiger partial charge < -0.3 is 16.2 Å². The van der Waals surface area contributed by atoms with E-state index in [2.05, 4.69) is 5.32 Å². The molecule has 1 rings (SSSR count). The van der Waals surface area contributed by atoms with Gasteiger partial charge in [-0.1, -0.05) is 6.92 Å². The Balaban J connectivity index is 2.38. The van der Waals surface area contributed by atoms with Crippen molar-refractivity contribution in [2.75, 3.05) is 12.3 Å². The summed E-state index contributed by atoms with van der Waals surface area (Å²) >= 11 is 0. The van der Waals surface area contributed by atoms with E-state index in [1.165, 1.54) is 12.1 Å². The fourth-order valence-electron chi connectivity index (χ4n) is 1.76. The lowest BCUT2D eigenvalue weighted by atomic mass is 10.0. The van der Waals surface area contributed by atoms with E-state index >= 15 is 0 Å². The zero-order chi connectivity index (χ0) is 15.1. The van der Waals surface area contributed by atoms with Gasteiger partial charge in [-0.2, -0.15) is 0 Å². The number of rotatable bonds is 7. The van der Waals surface area contributed by atoms with Crippen molar-refractivity contribution in [2.24, 2.45) is 5.92 Å². The van der Waals surface area contributed by atoms with E-state index in [4.69, 9.17) is 10.8 Å². The Morgan fingerprint density at radius 3 is 2.70 bits per heavy atom. The van der Waals surface area contributed by atoms with Crippen molar-refractivity contribution >= 4 is 17.6 Å². The number of benzene rings is 1. The Hall–Kier alpha value is -2.11. The highest BCUT2D eigenvalue weighted by Crippen LogP contribution is 2.12. The molecule has 1 amide bonds. The van der Waals surface area contributed by atoms with Gasteiger partial charge in [0.1, 0.15) is 5.82 Å². The summed E-state index contributed by atoms with van der Waals surface area (Å²) in [5, 5.41) is 11.2. The third-order valence-electron chi connectivity index (χ3n) is 3.01. The van der Waals surface area contributed by atoms with Crippen molar-refractivity contribution in [3.8, 4) is 0 Å². The van der Waals surface area contributed by atoms with Crippen LogP contribution in [0.5, 0.6) is 0 Å². The Bertz CT molecular complexity index is 491. The van der Waals surface area contributed by atoms with Crippen LogP contribution in [0.1, 0.15) is 36.5 Å². The minimum atomic E-state index is -0.829. The Morgan fingerprint density at radius 1 is 1.40 bits per heavy atom. The van der Waals surface area contributed by atoms with Crippen LogP contribution < -0.4 is 11.1 Å². The van der Waals surface area contributed by atoms with Gasteiger partial charge in [-0.3, -0.25) is 9.59 Å². The molecule has 0 spiro atoms. The summed E-state index contributed by atoms with van der Waals surface area (Å²) in [5.74, 6) is -1.79. The fourth-order valence-corrected chi connectivity index (χ4v) is 1.76. The maximum absolute atomic E-state index is 13.5. The summed E-state index contributed by atoms with van der Waals surface area (Å²) in [6.45, 7) is 2.29. The molecule has 0 heterocycles. The number of hydrogen-bond donors (Lipinski definition) is 3. The average molecular weight is 282 g/mol. The molecule has 1 atom stereocenters. The number of hydrogen-bond acceptors (Lipinski definition) is 3. The third-order valence-corrected chi connectivity index (χ3v) is 3.01.